The molecule has 1 aliphatic carbocycles. The Labute approximate surface area is 122 Å². The van der Waals surface area contributed by atoms with Crippen LogP contribution in [0.1, 0.15) is 59.8 Å². The lowest BCUT2D eigenvalue weighted by Crippen LogP contribution is -2.42. The molecule has 4 heteroatoms. The first-order valence-corrected chi connectivity index (χ1v) is 8.21. The van der Waals surface area contributed by atoms with Crippen molar-refractivity contribution < 1.29 is 9.31 Å². The number of hydrogen-bond donors (Lipinski definition) is 0. The van der Waals surface area contributed by atoms with E-state index in [1.165, 1.54) is 31.2 Å². The van der Waals surface area contributed by atoms with Gasteiger partial charge in [0.1, 0.15) is 0 Å². The summed E-state index contributed by atoms with van der Waals surface area (Å²) in [6.45, 7) is 8.56. The van der Waals surface area contributed by atoms with Gasteiger partial charge in [0, 0.05) is 18.1 Å². The maximum atomic E-state index is 6.23. The van der Waals surface area contributed by atoms with E-state index in [2.05, 4.69) is 38.7 Å². The fraction of sp³-hybridized carbons (Fsp3) is 0.875. The molecule has 0 N–H and O–H groups in total. The summed E-state index contributed by atoms with van der Waals surface area (Å²) < 4.78 is 12.5. The summed E-state index contributed by atoms with van der Waals surface area (Å²) in [5.41, 5.74) is 0.962. The largest absolute Gasteiger partial charge is 0.490 e. The molecule has 1 saturated carbocycles. The number of hydrogen-bond acceptors (Lipinski definition) is 3. The Morgan fingerprint density at radius 3 is 2.15 bits per heavy atom. The standard InChI is InChI=1S/C16H26BNO2/c1-15(2)16(3,4)20-17(19-15)11-9-13-7-8-14(10-11)18(13)12-5-6-12/h9,12-14H,5-8,10H2,1-4H3. The second-order valence-electron chi connectivity index (χ2n) is 8.01. The molecule has 4 aliphatic rings. The molecule has 2 saturated heterocycles. The highest BCUT2D eigenvalue weighted by molar-refractivity contribution is 6.54. The van der Waals surface area contributed by atoms with Gasteiger partial charge in [-0.3, -0.25) is 4.90 Å². The molecule has 2 unspecified atom stereocenters. The first-order valence-electron chi connectivity index (χ1n) is 8.21. The summed E-state index contributed by atoms with van der Waals surface area (Å²) in [5, 5.41) is 0. The Morgan fingerprint density at radius 1 is 1.00 bits per heavy atom. The zero-order valence-electron chi connectivity index (χ0n) is 13.2. The van der Waals surface area contributed by atoms with Crippen molar-refractivity contribution >= 4 is 7.12 Å². The summed E-state index contributed by atoms with van der Waals surface area (Å²) in [5.74, 6) is 0. The monoisotopic (exact) mass is 275 g/mol. The van der Waals surface area contributed by atoms with Crippen LogP contribution in [-0.4, -0.2) is 41.3 Å². The van der Waals surface area contributed by atoms with Crippen LogP contribution < -0.4 is 0 Å². The normalized spacial score (nSPS) is 39.2. The van der Waals surface area contributed by atoms with Gasteiger partial charge in [-0.25, -0.2) is 0 Å². The lowest BCUT2D eigenvalue weighted by molar-refractivity contribution is 0.00578. The van der Waals surface area contributed by atoms with Crippen LogP contribution >= 0.6 is 0 Å². The van der Waals surface area contributed by atoms with Crippen LogP contribution in [-0.2, 0) is 9.31 Å². The summed E-state index contributed by atoms with van der Waals surface area (Å²) in [6.07, 6.45) is 9.10. The third-order valence-corrected chi connectivity index (χ3v) is 6.00. The van der Waals surface area contributed by atoms with Crippen LogP contribution in [0.15, 0.2) is 11.5 Å². The molecular formula is C16H26BNO2. The summed E-state index contributed by atoms with van der Waals surface area (Å²) >= 11 is 0. The zero-order chi connectivity index (χ0) is 14.1. The Hall–Kier alpha value is -0.315. The maximum Gasteiger partial charge on any atom is 0.490 e. The minimum Gasteiger partial charge on any atom is -0.400 e. The molecule has 3 nitrogen and oxygen atoms in total. The first kappa shape index (κ1) is 13.4. The van der Waals surface area contributed by atoms with Gasteiger partial charge in [-0.2, -0.15) is 0 Å². The van der Waals surface area contributed by atoms with Crippen molar-refractivity contribution in [3.63, 3.8) is 0 Å². The SMILES string of the molecule is CC1(C)OB(C2=CC3CCC(C2)N3C2CC2)OC1(C)C. The molecule has 4 rings (SSSR count). The molecule has 3 fully saturated rings. The highest BCUT2D eigenvalue weighted by Gasteiger charge is 2.54. The van der Waals surface area contributed by atoms with Crippen LogP contribution in [0.25, 0.3) is 0 Å². The fourth-order valence-corrected chi connectivity index (χ4v) is 4.01. The van der Waals surface area contributed by atoms with Gasteiger partial charge in [-0.05, 0) is 65.3 Å². The number of rotatable bonds is 2. The fourth-order valence-electron chi connectivity index (χ4n) is 4.01. The zero-order valence-corrected chi connectivity index (χ0v) is 13.2. The quantitative estimate of drug-likeness (QED) is 0.723. The van der Waals surface area contributed by atoms with E-state index in [0.717, 1.165) is 18.5 Å². The van der Waals surface area contributed by atoms with Gasteiger partial charge in [0.15, 0.2) is 0 Å². The Balaban J connectivity index is 1.55. The first-order chi connectivity index (χ1) is 9.37. The third-order valence-electron chi connectivity index (χ3n) is 6.00. The summed E-state index contributed by atoms with van der Waals surface area (Å²) in [7, 11) is -0.121. The van der Waals surface area contributed by atoms with E-state index in [1.807, 2.05) is 0 Å². The second kappa shape index (κ2) is 4.11. The lowest BCUT2D eigenvalue weighted by atomic mass is 9.73. The summed E-state index contributed by atoms with van der Waals surface area (Å²) in [6, 6.07) is 2.27. The van der Waals surface area contributed by atoms with Gasteiger partial charge in [0.2, 0.25) is 0 Å². The molecule has 3 heterocycles. The van der Waals surface area contributed by atoms with Gasteiger partial charge < -0.3 is 9.31 Å². The van der Waals surface area contributed by atoms with Crippen molar-refractivity contribution in [3.8, 4) is 0 Å². The van der Waals surface area contributed by atoms with Crippen molar-refractivity contribution in [2.75, 3.05) is 0 Å². The van der Waals surface area contributed by atoms with E-state index < -0.39 is 0 Å². The molecule has 2 atom stereocenters. The molecule has 110 valence electrons. The Morgan fingerprint density at radius 2 is 1.60 bits per heavy atom. The van der Waals surface area contributed by atoms with Gasteiger partial charge in [-0.1, -0.05) is 6.08 Å². The van der Waals surface area contributed by atoms with E-state index >= 15 is 0 Å². The number of fused-ring (bicyclic) bond motifs is 2. The van der Waals surface area contributed by atoms with Crippen LogP contribution in [0.3, 0.4) is 0 Å². The van der Waals surface area contributed by atoms with E-state index in [1.54, 1.807) is 0 Å². The molecule has 0 amide bonds. The molecule has 0 aromatic rings. The average molecular weight is 275 g/mol. The molecule has 3 aliphatic heterocycles. The van der Waals surface area contributed by atoms with Crippen molar-refractivity contribution in [2.24, 2.45) is 0 Å². The van der Waals surface area contributed by atoms with E-state index in [0.29, 0.717) is 6.04 Å². The Kier molecular flexibility index (Phi) is 2.75. The van der Waals surface area contributed by atoms with Crippen LogP contribution in [0, 0.1) is 0 Å². The van der Waals surface area contributed by atoms with E-state index in [-0.39, 0.29) is 18.3 Å². The molecule has 0 aromatic carbocycles. The molecule has 0 aromatic heterocycles. The van der Waals surface area contributed by atoms with E-state index in [4.69, 9.17) is 9.31 Å². The average Bonchev–Trinajstić information content (AvgIpc) is 3.11. The molecule has 2 bridgehead atoms. The highest BCUT2D eigenvalue weighted by atomic mass is 16.7. The smallest absolute Gasteiger partial charge is 0.400 e. The minimum atomic E-state index is -0.217. The highest BCUT2D eigenvalue weighted by Crippen LogP contribution is 2.46. The molecule has 0 radical (unpaired) electrons. The molecular weight excluding hydrogens is 249 g/mol. The third kappa shape index (κ3) is 1.92. The van der Waals surface area contributed by atoms with Crippen molar-refractivity contribution in [1.29, 1.82) is 0 Å². The molecule has 20 heavy (non-hydrogen) atoms. The van der Waals surface area contributed by atoms with Gasteiger partial charge in [0.05, 0.1) is 11.2 Å². The topological polar surface area (TPSA) is 21.7 Å². The summed E-state index contributed by atoms with van der Waals surface area (Å²) in [4.78, 5) is 2.77. The lowest BCUT2D eigenvalue weighted by Gasteiger charge is -2.34. The van der Waals surface area contributed by atoms with Crippen molar-refractivity contribution in [3.05, 3.63) is 11.5 Å². The molecule has 0 spiro atoms. The predicted octanol–water partition coefficient (Wildman–Crippen LogP) is 2.94. The van der Waals surface area contributed by atoms with Crippen LogP contribution in [0.5, 0.6) is 0 Å². The van der Waals surface area contributed by atoms with Crippen molar-refractivity contribution in [1.82, 2.24) is 4.90 Å². The minimum absolute atomic E-state index is 0.121. The predicted molar refractivity (Wildman–Crippen MR) is 80.5 cm³/mol. The van der Waals surface area contributed by atoms with Gasteiger partial charge in [-0.15, -0.1) is 0 Å². The Bertz CT molecular complexity index is 439. The maximum absolute atomic E-state index is 6.23. The van der Waals surface area contributed by atoms with E-state index in [9.17, 15) is 0 Å². The van der Waals surface area contributed by atoms with Crippen LogP contribution in [0.4, 0.5) is 0 Å². The number of nitrogens with zero attached hydrogens (tertiary/aromatic N) is 1. The van der Waals surface area contributed by atoms with Gasteiger partial charge >= 0.3 is 7.12 Å². The van der Waals surface area contributed by atoms with Crippen molar-refractivity contribution in [2.45, 2.75) is 89.1 Å². The van der Waals surface area contributed by atoms with Crippen LogP contribution in [0.2, 0.25) is 0 Å². The van der Waals surface area contributed by atoms with Gasteiger partial charge in [0.25, 0.3) is 0 Å². The second-order valence-corrected chi connectivity index (χ2v) is 8.01.